The predicted octanol–water partition coefficient (Wildman–Crippen LogP) is 2.22. The molecular weight excluding hydrogens is 229 g/mol. The highest BCUT2D eigenvalue weighted by atomic mass is 19.1. The van der Waals surface area contributed by atoms with E-state index >= 15 is 0 Å². The van der Waals surface area contributed by atoms with Crippen molar-refractivity contribution in [3.05, 3.63) is 35.6 Å². The van der Waals surface area contributed by atoms with Gasteiger partial charge in [0.05, 0.1) is 12.1 Å². The van der Waals surface area contributed by atoms with Gasteiger partial charge in [-0.05, 0) is 37.0 Å². The van der Waals surface area contributed by atoms with E-state index in [9.17, 15) is 4.39 Å². The third-order valence-corrected chi connectivity index (χ3v) is 4.07. The molecule has 18 heavy (non-hydrogen) atoms. The summed E-state index contributed by atoms with van der Waals surface area (Å²) < 4.78 is 13.5. The maximum atomic E-state index is 13.5. The van der Waals surface area contributed by atoms with E-state index in [-0.39, 0.29) is 11.4 Å². The number of hydrogen-bond donors (Lipinski definition) is 1. The van der Waals surface area contributed by atoms with Gasteiger partial charge in [0.1, 0.15) is 5.82 Å². The number of guanidine groups is 1. The highest BCUT2D eigenvalue weighted by molar-refractivity contribution is 5.82. The van der Waals surface area contributed by atoms with Crippen molar-refractivity contribution in [1.29, 1.82) is 0 Å². The number of benzene rings is 1. The van der Waals surface area contributed by atoms with Gasteiger partial charge in [0.25, 0.3) is 0 Å². The molecule has 0 saturated heterocycles. The Kier molecular flexibility index (Phi) is 2.54. The molecule has 1 saturated carbocycles. The maximum absolute atomic E-state index is 13.5. The zero-order valence-electron chi connectivity index (χ0n) is 10.6. The van der Waals surface area contributed by atoms with Crippen LogP contribution >= 0.6 is 0 Å². The van der Waals surface area contributed by atoms with Crippen molar-refractivity contribution < 1.29 is 4.39 Å². The minimum Gasteiger partial charge on any atom is -0.370 e. The van der Waals surface area contributed by atoms with Crippen LogP contribution in [0.25, 0.3) is 0 Å². The zero-order valence-corrected chi connectivity index (χ0v) is 10.6. The van der Waals surface area contributed by atoms with Gasteiger partial charge in [-0.25, -0.2) is 4.39 Å². The average Bonchev–Trinajstić information content (AvgIpc) is 3.13. The van der Waals surface area contributed by atoms with Gasteiger partial charge in [0.2, 0.25) is 0 Å². The van der Waals surface area contributed by atoms with Crippen molar-refractivity contribution >= 4 is 5.96 Å². The Hall–Kier alpha value is -1.58. The van der Waals surface area contributed by atoms with Crippen molar-refractivity contribution in [2.24, 2.45) is 10.7 Å². The van der Waals surface area contributed by atoms with Gasteiger partial charge in [-0.2, -0.15) is 0 Å². The molecule has 2 aliphatic rings. The first-order valence-electron chi connectivity index (χ1n) is 6.52. The van der Waals surface area contributed by atoms with Crippen LogP contribution in [0.3, 0.4) is 0 Å². The van der Waals surface area contributed by atoms with Gasteiger partial charge in [-0.1, -0.05) is 19.1 Å². The zero-order chi connectivity index (χ0) is 12.8. The molecule has 1 aromatic rings. The largest absolute Gasteiger partial charge is 0.370 e. The smallest absolute Gasteiger partial charge is 0.192 e. The Morgan fingerprint density at radius 1 is 1.50 bits per heavy atom. The van der Waals surface area contributed by atoms with Gasteiger partial charge in [-0.3, -0.25) is 4.99 Å². The molecule has 1 aromatic carbocycles. The molecular formula is C14H18FN3. The van der Waals surface area contributed by atoms with E-state index in [2.05, 4.69) is 16.8 Å². The molecule has 0 spiro atoms. The summed E-state index contributed by atoms with van der Waals surface area (Å²) in [7, 11) is 0. The summed E-state index contributed by atoms with van der Waals surface area (Å²) in [5.41, 5.74) is 6.77. The first kappa shape index (κ1) is 11.5. The summed E-state index contributed by atoms with van der Waals surface area (Å²) in [5.74, 6) is 0.421. The quantitative estimate of drug-likeness (QED) is 0.890. The summed E-state index contributed by atoms with van der Waals surface area (Å²) in [4.78, 5) is 6.62. The average molecular weight is 247 g/mol. The lowest BCUT2D eigenvalue weighted by molar-refractivity contribution is 0.185. The third kappa shape index (κ3) is 1.59. The highest BCUT2D eigenvalue weighted by Crippen LogP contribution is 2.43. The molecule has 1 atom stereocenters. The van der Waals surface area contributed by atoms with Gasteiger partial charge in [0, 0.05) is 6.04 Å². The van der Waals surface area contributed by atoms with Crippen LogP contribution in [0, 0.1) is 5.82 Å². The third-order valence-electron chi connectivity index (χ3n) is 4.07. The Labute approximate surface area is 106 Å². The van der Waals surface area contributed by atoms with Crippen LogP contribution in [0.15, 0.2) is 29.3 Å². The van der Waals surface area contributed by atoms with Crippen LogP contribution in [-0.4, -0.2) is 23.4 Å². The lowest BCUT2D eigenvalue weighted by atomic mass is 9.86. The molecule has 3 nitrogen and oxygen atoms in total. The maximum Gasteiger partial charge on any atom is 0.192 e. The molecule has 4 heteroatoms. The fourth-order valence-corrected chi connectivity index (χ4v) is 2.95. The first-order valence-corrected chi connectivity index (χ1v) is 6.52. The van der Waals surface area contributed by atoms with E-state index in [0.29, 0.717) is 18.5 Å². The molecule has 1 aliphatic heterocycles. The Balaban J connectivity index is 2.04. The molecule has 2 N–H and O–H groups in total. The fourth-order valence-electron chi connectivity index (χ4n) is 2.95. The minimum atomic E-state index is -0.243. The molecule has 1 heterocycles. The normalized spacial score (nSPS) is 27.4. The molecule has 3 rings (SSSR count). The van der Waals surface area contributed by atoms with Crippen LogP contribution in [-0.2, 0) is 5.54 Å². The molecule has 0 aromatic heterocycles. The molecule has 1 aliphatic carbocycles. The summed E-state index contributed by atoms with van der Waals surface area (Å²) in [6.07, 6.45) is 3.21. The summed E-state index contributed by atoms with van der Waals surface area (Å²) in [6, 6.07) is 7.33. The van der Waals surface area contributed by atoms with Gasteiger partial charge >= 0.3 is 0 Å². The van der Waals surface area contributed by atoms with Gasteiger partial charge in [-0.15, -0.1) is 0 Å². The van der Waals surface area contributed by atoms with Crippen LogP contribution in [0.5, 0.6) is 0 Å². The van der Waals surface area contributed by atoms with Crippen LogP contribution in [0.4, 0.5) is 4.39 Å². The highest BCUT2D eigenvalue weighted by Gasteiger charge is 2.48. The second-order valence-electron chi connectivity index (χ2n) is 5.17. The van der Waals surface area contributed by atoms with E-state index < -0.39 is 0 Å². The number of halogens is 1. The predicted molar refractivity (Wildman–Crippen MR) is 69.7 cm³/mol. The fraction of sp³-hybridized carbons (Fsp3) is 0.500. The molecule has 1 unspecified atom stereocenters. The number of nitrogens with zero attached hydrogens (tertiary/aromatic N) is 2. The Morgan fingerprint density at radius 2 is 2.28 bits per heavy atom. The first-order chi connectivity index (χ1) is 8.67. The lowest BCUT2D eigenvalue weighted by Crippen LogP contribution is -2.50. The van der Waals surface area contributed by atoms with E-state index in [4.69, 9.17) is 5.73 Å². The van der Waals surface area contributed by atoms with E-state index in [1.807, 2.05) is 6.07 Å². The Morgan fingerprint density at radius 3 is 2.89 bits per heavy atom. The molecule has 96 valence electrons. The molecule has 1 fully saturated rings. The van der Waals surface area contributed by atoms with Crippen molar-refractivity contribution in [3.63, 3.8) is 0 Å². The standard InChI is InChI=1S/C14H18FN3/c1-2-14(10-4-3-5-11(15)8-10)9-17-13(16)18(14)12-6-7-12/h3-5,8,12H,2,6-7,9H2,1H3,(H2,16,17). The second-order valence-corrected chi connectivity index (χ2v) is 5.17. The van der Waals surface area contributed by atoms with Crippen LogP contribution in [0.1, 0.15) is 31.7 Å². The molecule has 0 radical (unpaired) electrons. The van der Waals surface area contributed by atoms with Gasteiger partial charge < -0.3 is 10.6 Å². The summed E-state index contributed by atoms with van der Waals surface area (Å²) in [5, 5.41) is 0. The second kappa shape index (κ2) is 3.97. The number of hydrogen-bond acceptors (Lipinski definition) is 3. The van der Waals surface area contributed by atoms with E-state index in [0.717, 1.165) is 24.8 Å². The van der Waals surface area contributed by atoms with Crippen LogP contribution < -0.4 is 5.73 Å². The van der Waals surface area contributed by atoms with Crippen molar-refractivity contribution in [2.45, 2.75) is 37.8 Å². The number of rotatable bonds is 3. The van der Waals surface area contributed by atoms with Crippen molar-refractivity contribution in [3.8, 4) is 0 Å². The number of nitrogens with two attached hydrogens (primary N) is 1. The van der Waals surface area contributed by atoms with Gasteiger partial charge in [0.15, 0.2) is 5.96 Å². The van der Waals surface area contributed by atoms with E-state index in [1.165, 1.54) is 6.07 Å². The monoisotopic (exact) mass is 247 g/mol. The van der Waals surface area contributed by atoms with Crippen molar-refractivity contribution in [2.75, 3.05) is 6.54 Å². The molecule has 0 bridgehead atoms. The summed E-state index contributed by atoms with van der Waals surface area (Å²) in [6.45, 7) is 2.75. The number of aliphatic imine (C=N–C) groups is 1. The lowest BCUT2D eigenvalue weighted by Gasteiger charge is -2.39. The van der Waals surface area contributed by atoms with Crippen molar-refractivity contribution in [1.82, 2.24) is 4.90 Å². The topological polar surface area (TPSA) is 41.6 Å². The molecule has 0 amide bonds. The SMILES string of the molecule is CCC1(c2cccc(F)c2)CN=C(N)N1C1CC1. The minimum absolute atomic E-state index is 0.193. The Bertz CT molecular complexity index is 496. The van der Waals surface area contributed by atoms with E-state index in [1.54, 1.807) is 12.1 Å². The van der Waals surface area contributed by atoms with Crippen LogP contribution in [0.2, 0.25) is 0 Å². The summed E-state index contributed by atoms with van der Waals surface area (Å²) >= 11 is 0.